The molecule has 2 bridgehead atoms. The fraction of sp³-hybridized carbons (Fsp3) is 0.652. The molecule has 1 aromatic carbocycles. The molecule has 0 aromatic heterocycles. The van der Waals surface area contributed by atoms with Crippen molar-refractivity contribution in [2.75, 3.05) is 27.2 Å². The lowest BCUT2D eigenvalue weighted by Crippen LogP contribution is -2.69. The van der Waals surface area contributed by atoms with E-state index in [2.05, 4.69) is 37.9 Å². The lowest BCUT2D eigenvalue weighted by molar-refractivity contribution is -0.944. The molecule has 6 unspecified atom stereocenters. The van der Waals surface area contributed by atoms with Crippen LogP contribution >= 0.6 is 0 Å². The number of quaternary nitrogens is 1. The van der Waals surface area contributed by atoms with E-state index in [-0.39, 0.29) is 0 Å². The van der Waals surface area contributed by atoms with Crippen molar-refractivity contribution in [3.63, 3.8) is 0 Å². The van der Waals surface area contributed by atoms with E-state index < -0.39 is 0 Å². The molecule has 6 atom stereocenters. The molecular weight excluding hydrogens is 306 g/mol. The third kappa shape index (κ3) is 1.95. The fourth-order valence-electron chi connectivity index (χ4n) is 7.80. The second-order valence-corrected chi connectivity index (χ2v) is 9.40. The Kier molecular flexibility index (Phi) is 3.42. The van der Waals surface area contributed by atoms with E-state index in [0.29, 0.717) is 5.41 Å². The Balaban J connectivity index is 1.69. The van der Waals surface area contributed by atoms with Gasteiger partial charge in [0.15, 0.2) is 0 Å². The van der Waals surface area contributed by atoms with Gasteiger partial charge in [0.2, 0.25) is 0 Å². The first-order chi connectivity index (χ1) is 12.1. The van der Waals surface area contributed by atoms with E-state index in [1.54, 1.807) is 18.2 Å². The van der Waals surface area contributed by atoms with Crippen molar-refractivity contribution in [3.8, 4) is 5.75 Å². The van der Waals surface area contributed by atoms with Gasteiger partial charge in [-0.25, -0.2) is 0 Å². The van der Waals surface area contributed by atoms with E-state index in [9.17, 15) is 0 Å². The molecule has 1 saturated heterocycles. The van der Waals surface area contributed by atoms with E-state index in [1.165, 1.54) is 49.6 Å². The van der Waals surface area contributed by atoms with Crippen molar-refractivity contribution >= 4 is 0 Å². The second kappa shape index (κ2) is 5.36. The summed E-state index contributed by atoms with van der Waals surface area (Å²) in [4.78, 5) is 0. The van der Waals surface area contributed by atoms with Crippen LogP contribution in [0.2, 0.25) is 0 Å². The molecule has 1 heterocycles. The number of methoxy groups -OCH3 is 1. The second-order valence-electron chi connectivity index (χ2n) is 9.40. The van der Waals surface area contributed by atoms with Gasteiger partial charge in [-0.15, -0.1) is 0 Å². The van der Waals surface area contributed by atoms with Crippen LogP contribution in [0.15, 0.2) is 30.9 Å². The van der Waals surface area contributed by atoms with Crippen molar-refractivity contribution in [1.29, 1.82) is 0 Å². The van der Waals surface area contributed by atoms with Crippen molar-refractivity contribution in [1.82, 2.24) is 0 Å². The average molecular weight is 339 g/mol. The molecule has 0 radical (unpaired) electrons. The van der Waals surface area contributed by atoms with Crippen molar-refractivity contribution in [3.05, 3.63) is 42.0 Å². The number of rotatable bonds is 3. The monoisotopic (exact) mass is 338 g/mol. The zero-order valence-electron chi connectivity index (χ0n) is 15.8. The number of likely N-dealkylation sites (tertiary alicyclic amines) is 1. The van der Waals surface area contributed by atoms with Gasteiger partial charge in [0.05, 0.1) is 33.3 Å². The zero-order chi connectivity index (χ0) is 17.2. The third-order valence-electron chi connectivity index (χ3n) is 8.69. The Hall–Kier alpha value is -1.28. The van der Waals surface area contributed by atoms with Gasteiger partial charge in [-0.2, -0.15) is 0 Å². The summed E-state index contributed by atoms with van der Waals surface area (Å²) < 4.78 is 6.81. The highest BCUT2D eigenvalue weighted by molar-refractivity contribution is 5.43. The lowest BCUT2D eigenvalue weighted by atomic mass is 9.49. The highest BCUT2D eigenvalue weighted by Gasteiger charge is 2.67. The Labute approximate surface area is 152 Å². The molecule has 25 heavy (non-hydrogen) atoms. The maximum Gasteiger partial charge on any atom is 0.119 e. The van der Waals surface area contributed by atoms with Crippen LogP contribution < -0.4 is 4.74 Å². The van der Waals surface area contributed by atoms with Gasteiger partial charge in [0.25, 0.3) is 0 Å². The normalized spacial score (nSPS) is 43.9. The molecule has 134 valence electrons. The van der Waals surface area contributed by atoms with Gasteiger partial charge >= 0.3 is 0 Å². The molecule has 5 rings (SSSR count). The summed E-state index contributed by atoms with van der Waals surface area (Å²) in [5.41, 5.74) is 3.77. The third-order valence-corrected chi connectivity index (χ3v) is 8.69. The van der Waals surface area contributed by atoms with Crippen LogP contribution in [0.5, 0.6) is 5.75 Å². The molecule has 1 spiro atoms. The number of piperidine rings is 1. The molecule has 2 nitrogen and oxygen atoms in total. The van der Waals surface area contributed by atoms with E-state index >= 15 is 0 Å². The molecule has 2 heteroatoms. The SMILES string of the molecule is C=CC[N+]1(C)CCC2C3CCC4c5cc(OC)ccc5CC1C42CC3. The molecule has 0 N–H and O–H groups in total. The summed E-state index contributed by atoms with van der Waals surface area (Å²) in [7, 11) is 4.32. The largest absolute Gasteiger partial charge is 0.497 e. The van der Waals surface area contributed by atoms with E-state index in [4.69, 9.17) is 4.74 Å². The molecule has 1 aliphatic heterocycles. The summed E-state index contributed by atoms with van der Waals surface area (Å²) in [5.74, 6) is 3.77. The molecule has 2 saturated carbocycles. The summed E-state index contributed by atoms with van der Waals surface area (Å²) in [6, 6.07) is 7.70. The first-order valence-electron chi connectivity index (χ1n) is 10.2. The average Bonchev–Trinajstić information content (AvgIpc) is 2.86. The number of benzene rings is 1. The molecule has 3 fully saturated rings. The first-order valence-corrected chi connectivity index (χ1v) is 10.2. The number of fused-ring (bicyclic) bond motifs is 2. The number of likely N-dealkylation sites (N-methyl/N-ethyl adjacent to an activating group) is 1. The molecular formula is C23H32NO+. The molecule has 1 aromatic rings. The Morgan fingerprint density at radius 3 is 2.96 bits per heavy atom. The van der Waals surface area contributed by atoms with Gasteiger partial charge in [-0.05, 0) is 72.8 Å². The van der Waals surface area contributed by atoms with Gasteiger partial charge < -0.3 is 9.22 Å². The predicted molar refractivity (Wildman–Crippen MR) is 102 cm³/mol. The zero-order valence-corrected chi connectivity index (χ0v) is 15.8. The minimum atomic E-state index is 0.540. The van der Waals surface area contributed by atoms with Gasteiger partial charge in [0.1, 0.15) is 5.75 Å². The van der Waals surface area contributed by atoms with Gasteiger partial charge in [0, 0.05) is 18.3 Å². The summed E-state index contributed by atoms with van der Waals surface area (Å²) >= 11 is 0. The van der Waals surface area contributed by atoms with Crippen molar-refractivity contribution < 1.29 is 9.22 Å². The first kappa shape index (κ1) is 15.9. The quantitative estimate of drug-likeness (QED) is 0.580. The van der Waals surface area contributed by atoms with Crippen LogP contribution in [-0.4, -0.2) is 37.8 Å². The number of nitrogens with zero attached hydrogens (tertiary/aromatic N) is 1. The Bertz CT molecular complexity index is 712. The van der Waals surface area contributed by atoms with Crippen LogP contribution in [-0.2, 0) is 6.42 Å². The number of ether oxygens (including phenoxy) is 1. The molecule has 0 amide bonds. The Morgan fingerprint density at radius 1 is 1.28 bits per heavy atom. The van der Waals surface area contributed by atoms with Gasteiger partial charge in [-0.3, -0.25) is 0 Å². The van der Waals surface area contributed by atoms with Gasteiger partial charge in [-0.1, -0.05) is 12.6 Å². The number of hydrogen-bond acceptors (Lipinski definition) is 1. The summed E-state index contributed by atoms with van der Waals surface area (Å²) in [5, 5.41) is 0. The van der Waals surface area contributed by atoms with E-state index in [1.807, 2.05) is 0 Å². The Morgan fingerprint density at radius 2 is 2.16 bits per heavy atom. The van der Waals surface area contributed by atoms with Crippen LogP contribution in [0, 0.1) is 17.3 Å². The van der Waals surface area contributed by atoms with E-state index in [0.717, 1.165) is 36.1 Å². The highest BCUT2D eigenvalue weighted by Crippen LogP contribution is 2.69. The molecule has 3 aliphatic carbocycles. The van der Waals surface area contributed by atoms with Crippen molar-refractivity contribution in [2.45, 2.75) is 50.5 Å². The van der Waals surface area contributed by atoms with Crippen LogP contribution in [0.3, 0.4) is 0 Å². The van der Waals surface area contributed by atoms with Crippen molar-refractivity contribution in [2.24, 2.45) is 17.3 Å². The standard InChI is InChI=1S/C23H32NO/c1-4-12-24(2)13-10-20-16-6-8-21-19-15-18(25-3)7-5-17(19)14-22(24)23(20,21)11-9-16/h4-5,7,15-16,20-22H,1,6,8-14H2,2-3H3/q+1. The summed E-state index contributed by atoms with van der Waals surface area (Å²) in [6.07, 6.45) is 10.6. The fourth-order valence-corrected chi connectivity index (χ4v) is 7.80. The summed E-state index contributed by atoms with van der Waals surface area (Å²) in [6.45, 7) is 6.58. The molecule has 4 aliphatic rings. The lowest BCUT2D eigenvalue weighted by Gasteiger charge is -2.63. The van der Waals surface area contributed by atoms with Crippen LogP contribution in [0.4, 0.5) is 0 Å². The number of hydrogen-bond donors (Lipinski definition) is 0. The van der Waals surface area contributed by atoms with Crippen LogP contribution in [0.25, 0.3) is 0 Å². The maximum absolute atomic E-state index is 5.59. The smallest absolute Gasteiger partial charge is 0.119 e. The maximum atomic E-state index is 5.59. The minimum Gasteiger partial charge on any atom is -0.497 e. The van der Waals surface area contributed by atoms with Crippen LogP contribution in [0.1, 0.15) is 49.1 Å². The topological polar surface area (TPSA) is 9.23 Å². The predicted octanol–water partition coefficient (Wildman–Crippen LogP) is 4.55. The highest BCUT2D eigenvalue weighted by atomic mass is 16.5. The minimum absolute atomic E-state index is 0.540.